The summed E-state index contributed by atoms with van der Waals surface area (Å²) in [7, 11) is -3.79. The second-order valence-electron chi connectivity index (χ2n) is 8.40. The van der Waals surface area contributed by atoms with Crippen LogP contribution in [0.25, 0.3) is 0 Å². The Morgan fingerprint density at radius 1 is 1.18 bits per heavy atom. The Balaban J connectivity index is 1.38. The lowest BCUT2D eigenvalue weighted by molar-refractivity contribution is -0.899. The van der Waals surface area contributed by atoms with E-state index in [1.165, 1.54) is 11.0 Å². The van der Waals surface area contributed by atoms with Crippen LogP contribution in [0, 0.1) is 5.82 Å². The summed E-state index contributed by atoms with van der Waals surface area (Å²) in [5.74, 6) is -0.296. The third-order valence-corrected chi connectivity index (χ3v) is 8.25. The van der Waals surface area contributed by atoms with Crippen molar-refractivity contribution in [1.29, 1.82) is 0 Å². The summed E-state index contributed by atoms with van der Waals surface area (Å²) in [6, 6.07) is 10.2. The van der Waals surface area contributed by atoms with Gasteiger partial charge < -0.3 is 14.7 Å². The number of piperazine rings is 1. The third kappa shape index (κ3) is 5.24. The van der Waals surface area contributed by atoms with E-state index in [4.69, 9.17) is 0 Å². The normalized spacial score (nSPS) is 16.8. The van der Waals surface area contributed by atoms with Crippen molar-refractivity contribution in [2.45, 2.75) is 24.7 Å². The predicted molar refractivity (Wildman–Crippen MR) is 130 cm³/mol. The fraction of sp³-hybridized carbons (Fsp3) is 0.435. The predicted octanol–water partition coefficient (Wildman–Crippen LogP) is 1.57. The quantitative estimate of drug-likeness (QED) is 0.560. The number of para-hydroxylation sites is 1. The molecule has 0 bridgehead atoms. The van der Waals surface area contributed by atoms with Crippen molar-refractivity contribution < 1.29 is 22.5 Å². The van der Waals surface area contributed by atoms with E-state index in [0.29, 0.717) is 48.3 Å². The van der Waals surface area contributed by atoms with Crippen LogP contribution < -0.4 is 19.4 Å². The fourth-order valence-corrected chi connectivity index (χ4v) is 6.54. The monoisotopic (exact) mass is 539 g/mol. The van der Waals surface area contributed by atoms with E-state index in [9.17, 15) is 17.6 Å². The molecule has 1 amide bonds. The van der Waals surface area contributed by atoms with Crippen LogP contribution in [-0.4, -0.2) is 60.1 Å². The van der Waals surface area contributed by atoms with Crippen molar-refractivity contribution in [2.24, 2.45) is 0 Å². The van der Waals surface area contributed by atoms with Crippen molar-refractivity contribution in [1.82, 2.24) is 4.72 Å². The summed E-state index contributed by atoms with van der Waals surface area (Å²) in [6.07, 6.45) is 0.962. The van der Waals surface area contributed by atoms with Crippen molar-refractivity contribution >= 4 is 43.2 Å². The molecule has 4 rings (SSSR count). The number of halogens is 2. The smallest absolute Gasteiger partial charge is 0.242 e. The van der Waals surface area contributed by atoms with Crippen LogP contribution in [-0.2, 0) is 21.2 Å². The average Bonchev–Trinajstić information content (AvgIpc) is 3.22. The van der Waals surface area contributed by atoms with E-state index in [-0.39, 0.29) is 16.6 Å². The first kappa shape index (κ1) is 24.1. The molecule has 7 nitrogen and oxygen atoms in total. The largest absolute Gasteiger partial charge is 0.358 e. The van der Waals surface area contributed by atoms with E-state index < -0.39 is 10.0 Å². The van der Waals surface area contributed by atoms with E-state index in [1.807, 2.05) is 17.0 Å². The third-order valence-electron chi connectivity index (χ3n) is 6.32. The van der Waals surface area contributed by atoms with Gasteiger partial charge in [-0.2, -0.15) is 0 Å². The molecule has 33 heavy (non-hydrogen) atoms. The molecule has 0 aromatic heterocycles. The minimum absolute atomic E-state index is 0.0790. The van der Waals surface area contributed by atoms with Gasteiger partial charge in [0.1, 0.15) is 10.7 Å². The molecule has 0 atom stereocenters. The first-order chi connectivity index (χ1) is 15.8. The van der Waals surface area contributed by atoms with Crippen molar-refractivity contribution in [2.75, 3.05) is 55.6 Å². The van der Waals surface area contributed by atoms with Crippen LogP contribution in [0.1, 0.15) is 18.9 Å². The van der Waals surface area contributed by atoms with Gasteiger partial charge in [-0.15, -0.1) is 0 Å². The minimum Gasteiger partial charge on any atom is -0.358 e. The SMILES string of the molecule is CCC(=O)N1CCc2cc(Br)cc(S(=O)(=O)NCC[NH+]3CCN(c4ccccc4F)CC3)c21. The van der Waals surface area contributed by atoms with Crippen LogP contribution in [0.2, 0.25) is 0 Å². The zero-order valence-electron chi connectivity index (χ0n) is 18.6. The highest BCUT2D eigenvalue weighted by atomic mass is 79.9. The molecular formula is C23H29BrFN4O3S+. The van der Waals surface area contributed by atoms with Gasteiger partial charge in [0.2, 0.25) is 15.9 Å². The zero-order chi connectivity index (χ0) is 23.6. The van der Waals surface area contributed by atoms with E-state index in [0.717, 1.165) is 31.7 Å². The molecular weight excluding hydrogens is 511 g/mol. The van der Waals surface area contributed by atoms with Crippen LogP contribution in [0.15, 0.2) is 45.8 Å². The molecule has 1 fully saturated rings. The number of rotatable bonds is 7. The molecule has 2 heterocycles. The van der Waals surface area contributed by atoms with Gasteiger partial charge in [-0.25, -0.2) is 17.5 Å². The van der Waals surface area contributed by atoms with Gasteiger partial charge in [0.05, 0.1) is 50.6 Å². The van der Waals surface area contributed by atoms with Gasteiger partial charge in [-0.05, 0) is 36.2 Å². The van der Waals surface area contributed by atoms with E-state index in [2.05, 4.69) is 20.7 Å². The first-order valence-corrected chi connectivity index (χ1v) is 13.5. The highest BCUT2D eigenvalue weighted by molar-refractivity contribution is 9.10. The number of benzene rings is 2. The lowest BCUT2D eigenvalue weighted by Crippen LogP contribution is -3.15. The van der Waals surface area contributed by atoms with Crippen molar-refractivity contribution in [3.05, 3.63) is 52.3 Å². The van der Waals surface area contributed by atoms with Crippen LogP contribution in [0.5, 0.6) is 0 Å². The molecule has 2 aliphatic rings. The molecule has 1 saturated heterocycles. The van der Waals surface area contributed by atoms with Gasteiger partial charge in [0.25, 0.3) is 0 Å². The molecule has 2 aromatic carbocycles. The Morgan fingerprint density at radius 3 is 2.61 bits per heavy atom. The number of amides is 1. The number of sulfonamides is 1. The Labute approximate surface area is 202 Å². The standard InChI is InChI=1S/C23H28BrFN4O3S/c1-2-22(30)29-9-7-17-15-18(24)16-21(23(17)29)33(31,32)26-8-10-27-11-13-28(14-12-27)20-6-4-3-5-19(20)25/h3-6,15-16,26H,2,7-14H2,1H3/p+1. The molecule has 0 radical (unpaired) electrons. The summed E-state index contributed by atoms with van der Waals surface area (Å²) in [4.78, 5) is 17.4. The summed E-state index contributed by atoms with van der Waals surface area (Å²) in [5.41, 5.74) is 1.98. The van der Waals surface area contributed by atoms with Crippen LogP contribution >= 0.6 is 15.9 Å². The minimum atomic E-state index is -3.79. The molecule has 0 spiro atoms. The molecule has 0 unspecified atom stereocenters. The molecule has 2 aromatic rings. The number of nitrogens with one attached hydrogen (secondary N) is 2. The molecule has 10 heteroatoms. The van der Waals surface area contributed by atoms with Gasteiger partial charge in [0.15, 0.2) is 0 Å². The maximum Gasteiger partial charge on any atom is 0.242 e. The van der Waals surface area contributed by atoms with Crippen LogP contribution in [0.4, 0.5) is 15.8 Å². The molecule has 2 N–H and O–H groups in total. The molecule has 0 aliphatic carbocycles. The number of fused-ring (bicyclic) bond motifs is 1. The zero-order valence-corrected chi connectivity index (χ0v) is 21.0. The summed E-state index contributed by atoms with van der Waals surface area (Å²) in [6.45, 7) is 6.25. The number of hydrogen-bond donors (Lipinski definition) is 2. The second kappa shape index (κ2) is 10.1. The number of quaternary nitrogens is 1. The van der Waals surface area contributed by atoms with Gasteiger partial charge in [-0.3, -0.25) is 4.79 Å². The summed E-state index contributed by atoms with van der Waals surface area (Å²) < 4.78 is 43.8. The van der Waals surface area contributed by atoms with E-state index in [1.54, 1.807) is 30.0 Å². The Kier molecular flexibility index (Phi) is 7.37. The van der Waals surface area contributed by atoms with Crippen LogP contribution in [0.3, 0.4) is 0 Å². The number of carbonyl (C=O) groups excluding carboxylic acids is 1. The maximum atomic E-state index is 14.0. The average molecular weight is 540 g/mol. The number of anilines is 2. The summed E-state index contributed by atoms with van der Waals surface area (Å²) >= 11 is 3.41. The second-order valence-corrected chi connectivity index (χ2v) is 11.0. The lowest BCUT2D eigenvalue weighted by Gasteiger charge is -2.33. The Hall–Kier alpha value is -2.01. The van der Waals surface area contributed by atoms with Crippen molar-refractivity contribution in [3.63, 3.8) is 0 Å². The first-order valence-electron chi connectivity index (χ1n) is 11.3. The van der Waals surface area contributed by atoms with Crippen molar-refractivity contribution in [3.8, 4) is 0 Å². The highest BCUT2D eigenvalue weighted by Crippen LogP contribution is 2.37. The Morgan fingerprint density at radius 2 is 1.91 bits per heavy atom. The Bertz CT molecular complexity index is 1140. The number of hydrogen-bond acceptors (Lipinski definition) is 4. The molecule has 178 valence electrons. The van der Waals surface area contributed by atoms with Gasteiger partial charge in [0, 0.05) is 17.4 Å². The maximum absolute atomic E-state index is 14.0. The van der Waals surface area contributed by atoms with E-state index >= 15 is 0 Å². The molecule has 2 aliphatic heterocycles. The topological polar surface area (TPSA) is 74.2 Å². The fourth-order valence-electron chi connectivity index (χ4n) is 4.58. The van der Waals surface area contributed by atoms with Gasteiger partial charge >= 0.3 is 0 Å². The number of nitrogens with zero attached hydrogens (tertiary/aromatic N) is 2. The lowest BCUT2D eigenvalue weighted by atomic mass is 10.2. The number of carbonyl (C=O) groups is 1. The highest BCUT2D eigenvalue weighted by Gasteiger charge is 2.32. The summed E-state index contributed by atoms with van der Waals surface area (Å²) in [5, 5.41) is 0. The van der Waals surface area contributed by atoms with Gasteiger partial charge in [-0.1, -0.05) is 35.0 Å². The molecule has 0 saturated carbocycles.